The van der Waals surface area contributed by atoms with Crippen LogP contribution in [-0.2, 0) is 19.1 Å². The van der Waals surface area contributed by atoms with Gasteiger partial charge in [-0.2, -0.15) is 0 Å². The third kappa shape index (κ3) is 6.68. The molecule has 8 heteroatoms. The van der Waals surface area contributed by atoms with E-state index in [0.717, 1.165) is 0 Å². The number of amides is 1. The van der Waals surface area contributed by atoms with Crippen molar-refractivity contribution in [1.29, 1.82) is 0 Å². The molecule has 0 saturated carbocycles. The highest BCUT2D eigenvalue weighted by atomic mass is 16.6. The largest absolute Gasteiger partial charge is 0.507 e. The molecule has 2 heterocycles. The maximum absolute atomic E-state index is 12.8. The third-order valence-electron chi connectivity index (χ3n) is 4.60. The van der Waals surface area contributed by atoms with Gasteiger partial charge in [-0.15, -0.1) is 0 Å². The third-order valence-corrected chi connectivity index (χ3v) is 4.60. The Morgan fingerprint density at radius 2 is 2.26 bits per heavy atom. The van der Waals surface area contributed by atoms with Crippen LogP contribution < -0.4 is 5.32 Å². The number of carbonyl (C=O) groups excluding carboxylic acids is 2. The Kier molecular flexibility index (Phi) is 7.78. The van der Waals surface area contributed by atoms with Crippen LogP contribution in [0.1, 0.15) is 28.8 Å². The smallest absolute Gasteiger partial charge is 0.342 e. The van der Waals surface area contributed by atoms with E-state index in [9.17, 15) is 14.7 Å². The molecule has 1 aromatic carbocycles. The number of hydrogen-bond donors (Lipinski definition) is 2. The summed E-state index contributed by atoms with van der Waals surface area (Å²) in [4.78, 5) is 29.0. The molecule has 1 saturated heterocycles. The number of phenolic OH excluding ortho intramolecular Hbond substituents is 1. The van der Waals surface area contributed by atoms with Crippen LogP contribution in [0, 0.1) is 0 Å². The minimum absolute atomic E-state index is 0.0171. The minimum atomic E-state index is -0.609. The first-order valence-electron chi connectivity index (χ1n) is 9.80. The molecule has 0 unspecified atom stereocenters. The van der Waals surface area contributed by atoms with Crippen LogP contribution in [-0.4, -0.2) is 48.6 Å². The number of carbonyl (C=O) groups is 2. The fourth-order valence-electron chi connectivity index (χ4n) is 3.06. The van der Waals surface area contributed by atoms with E-state index in [0.29, 0.717) is 18.4 Å². The van der Waals surface area contributed by atoms with Gasteiger partial charge >= 0.3 is 5.97 Å². The number of hydrogen-bond acceptors (Lipinski definition) is 7. The maximum Gasteiger partial charge on any atom is 0.342 e. The second kappa shape index (κ2) is 10.9. The lowest BCUT2D eigenvalue weighted by molar-refractivity contribution is -0.115. The van der Waals surface area contributed by atoms with Gasteiger partial charge in [0.05, 0.1) is 12.3 Å². The van der Waals surface area contributed by atoms with Crippen LogP contribution >= 0.6 is 0 Å². The summed E-state index contributed by atoms with van der Waals surface area (Å²) in [6.45, 7) is 0. The van der Waals surface area contributed by atoms with Gasteiger partial charge in [0.2, 0.25) is 5.91 Å². The van der Waals surface area contributed by atoms with E-state index in [2.05, 4.69) is 15.3 Å². The lowest BCUT2D eigenvalue weighted by Crippen LogP contribution is -2.21. The molecule has 162 valence electrons. The van der Waals surface area contributed by atoms with Gasteiger partial charge in [-0.3, -0.25) is 4.79 Å². The van der Waals surface area contributed by atoms with E-state index >= 15 is 0 Å². The molecule has 0 bridgehead atoms. The Labute approximate surface area is 180 Å². The van der Waals surface area contributed by atoms with Crippen LogP contribution in [0.3, 0.4) is 0 Å². The summed E-state index contributed by atoms with van der Waals surface area (Å²) in [5.41, 5.74) is 0.681. The molecule has 0 aliphatic carbocycles. The number of ether oxygens (including phenoxy) is 2. The highest BCUT2D eigenvalue weighted by Crippen LogP contribution is 2.31. The molecule has 2 N–H and O–H groups in total. The van der Waals surface area contributed by atoms with Gasteiger partial charge in [0.25, 0.3) is 0 Å². The van der Waals surface area contributed by atoms with Crippen molar-refractivity contribution in [3.8, 4) is 5.75 Å². The molecule has 1 amide bonds. The maximum atomic E-state index is 12.8. The minimum Gasteiger partial charge on any atom is -0.507 e. The average Bonchev–Trinajstić information content (AvgIpc) is 3.48. The first kappa shape index (κ1) is 22.0. The number of aromatic hydroxyl groups is 1. The number of rotatable bonds is 6. The number of cyclic esters (lactones) is 1. The SMILES string of the molecule is CO/N=C/C=C\C(=O)N/C=C\C[C@H]1C[C@@H]2O[C@@H]2/C=C\C=C\c2cccc(O)c2C(=O)O1. The van der Waals surface area contributed by atoms with Gasteiger partial charge in [-0.05, 0) is 17.7 Å². The fourth-order valence-corrected chi connectivity index (χ4v) is 3.06. The van der Waals surface area contributed by atoms with Crippen molar-refractivity contribution in [2.75, 3.05) is 7.11 Å². The Morgan fingerprint density at radius 3 is 3.10 bits per heavy atom. The van der Waals surface area contributed by atoms with Crippen molar-refractivity contribution in [3.05, 3.63) is 72.0 Å². The number of benzene rings is 1. The zero-order valence-electron chi connectivity index (χ0n) is 17.0. The molecular weight excluding hydrogens is 400 g/mol. The monoisotopic (exact) mass is 424 g/mol. The van der Waals surface area contributed by atoms with Crippen LogP contribution in [0.15, 0.2) is 66.0 Å². The standard InChI is InChI=1S/C23H24N2O6/c1-29-25-14-6-12-21(27)24-13-5-9-17-15-20-19(31-20)11-3-2-7-16-8-4-10-18(26)22(16)23(28)30-17/h2-8,10-14,17,19-20,26H,9,15H2,1H3,(H,24,27)/b7-2+,11-3-,12-6-,13-5-,25-14+/t17-,19+,20-/m0/s1. The van der Waals surface area contributed by atoms with E-state index in [4.69, 9.17) is 9.47 Å². The first-order valence-corrected chi connectivity index (χ1v) is 9.80. The van der Waals surface area contributed by atoms with E-state index < -0.39 is 12.1 Å². The molecular formula is C23H24N2O6. The van der Waals surface area contributed by atoms with Gasteiger partial charge in [-0.1, -0.05) is 47.7 Å². The number of fused-ring (bicyclic) bond motifs is 2. The molecule has 0 spiro atoms. The summed E-state index contributed by atoms with van der Waals surface area (Å²) < 4.78 is 11.3. The van der Waals surface area contributed by atoms with Crippen molar-refractivity contribution >= 4 is 24.2 Å². The molecule has 0 aromatic heterocycles. The number of nitrogens with zero attached hydrogens (tertiary/aromatic N) is 1. The highest BCUT2D eigenvalue weighted by Gasteiger charge is 2.39. The summed E-state index contributed by atoms with van der Waals surface area (Å²) >= 11 is 0. The molecule has 2 aliphatic heterocycles. The lowest BCUT2D eigenvalue weighted by Gasteiger charge is -2.17. The van der Waals surface area contributed by atoms with Crippen LogP contribution in [0.25, 0.3) is 6.08 Å². The number of allylic oxidation sites excluding steroid dienone is 3. The molecule has 3 rings (SSSR count). The molecule has 1 fully saturated rings. The zero-order chi connectivity index (χ0) is 22.1. The van der Waals surface area contributed by atoms with Crippen molar-refractivity contribution in [2.24, 2.45) is 5.16 Å². The average molecular weight is 424 g/mol. The Morgan fingerprint density at radius 1 is 1.39 bits per heavy atom. The van der Waals surface area contributed by atoms with E-state index in [1.54, 1.807) is 30.4 Å². The van der Waals surface area contributed by atoms with Gasteiger partial charge < -0.3 is 24.7 Å². The number of epoxide rings is 1. The lowest BCUT2D eigenvalue weighted by atomic mass is 10.0. The van der Waals surface area contributed by atoms with Crippen molar-refractivity contribution in [2.45, 2.75) is 31.2 Å². The number of esters is 1. The summed E-state index contributed by atoms with van der Waals surface area (Å²) in [5, 5.41) is 16.3. The Hall–Kier alpha value is -3.65. The molecule has 2 aliphatic rings. The zero-order valence-corrected chi connectivity index (χ0v) is 17.0. The summed E-state index contributed by atoms with van der Waals surface area (Å²) in [6, 6.07) is 4.85. The second-order valence-corrected chi connectivity index (χ2v) is 6.83. The van der Waals surface area contributed by atoms with Gasteiger partial charge in [-0.25, -0.2) is 4.79 Å². The second-order valence-electron chi connectivity index (χ2n) is 6.83. The van der Waals surface area contributed by atoms with Crippen molar-refractivity contribution < 1.29 is 29.0 Å². The predicted octanol–water partition coefficient (Wildman–Crippen LogP) is 2.87. The Balaban J connectivity index is 1.66. The predicted molar refractivity (Wildman–Crippen MR) is 115 cm³/mol. The molecule has 0 radical (unpaired) electrons. The number of oxime groups is 1. The first-order chi connectivity index (χ1) is 15.1. The summed E-state index contributed by atoms with van der Waals surface area (Å²) in [7, 11) is 1.41. The highest BCUT2D eigenvalue weighted by molar-refractivity contribution is 5.96. The van der Waals surface area contributed by atoms with Crippen LogP contribution in [0.5, 0.6) is 5.75 Å². The normalized spacial score (nSPS) is 25.2. The van der Waals surface area contributed by atoms with E-state index in [-0.39, 0.29) is 29.4 Å². The molecule has 1 aromatic rings. The topological polar surface area (TPSA) is 110 Å². The van der Waals surface area contributed by atoms with Crippen molar-refractivity contribution in [1.82, 2.24) is 5.32 Å². The molecule has 3 atom stereocenters. The van der Waals surface area contributed by atoms with Gasteiger partial charge in [0, 0.05) is 25.1 Å². The number of nitrogens with one attached hydrogen (secondary N) is 1. The molecule has 31 heavy (non-hydrogen) atoms. The van der Waals surface area contributed by atoms with E-state index in [1.807, 2.05) is 12.2 Å². The van der Waals surface area contributed by atoms with Crippen molar-refractivity contribution in [3.63, 3.8) is 0 Å². The summed E-state index contributed by atoms with van der Waals surface area (Å²) in [6.07, 6.45) is 14.9. The number of phenols is 1. The van der Waals surface area contributed by atoms with E-state index in [1.165, 1.54) is 37.7 Å². The Bertz CT molecular complexity index is 947. The van der Waals surface area contributed by atoms with Crippen LogP contribution in [0.2, 0.25) is 0 Å². The molecule has 8 nitrogen and oxygen atoms in total. The fraction of sp³-hybridized carbons (Fsp3) is 0.261. The van der Waals surface area contributed by atoms with Gasteiger partial charge in [0.15, 0.2) is 0 Å². The summed E-state index contributed by atoms with van der Waals surface area (Å²) in [5.74, 6) is -1.09. The quantitative estimate of drug-likeness (QED) is 0.239. The van der Waals surface area contributed by atoms with Gasteiger partial charge in [0.1, 0.15) is 30.6 Å². The van der Waals surface area contributed by atoms with Crippen LogP contribution in [0.4, 0.5) is 0 Å².